The SMILES string of the molecule is COCC(C)(C)n1cc(C(=O)c2cncc(NC(=O)Cn3cc(C(F)(F)F)cn3)c2)c2cnc(N)nc21. The molecule has 0 saturated heterocycles. The highest BCUT2D eigenvalue weighted by Gasteiger charge is 2.32. The fourth-order valence-corrected chi connectivity index (χ4v) is 3.82. The van der Waals surface area contributed by atoms with Crippen molar-refractivity contribution >= 4 is 34.4 Å². The number of carbonyl (C=O) groups is 2. The van der Waals surface area contributed by atoms with E-state index in [2.05, 4.69) is 25.4 Å². The molecule has 0 radical (unpaired) electrons. The van der Waals surface area contributed by atoms with Crippen LogP contribution < -0.4 is 11.1 Å². The van der Waals surface area contributed by atoms with Crippen molar-refractivity contribution in [1.82, 2.24) is 29.3 Å². The third-order valence-corrected chi connectivity index (χ3v) is 5.51. The first kappa shape index (κ1) is 25.8. The van der Waals surface area contributed by atoms with E-state index >= 15 is 0 Å². The summed E-state index contributed by atoms with van der Waals surface area (Å²) in [7, 11) is 1.57. The maximum atomic E-state index is 13.5. The Labute approximate surface area is 208 Å². The highest BCUT2D eigenvalue weighted by Crippen LogP contribution is 2.30. The molecule has 3 N–H and O–H groups in total. The monoisotopic (exact) mass is 516 g/mol. The summed E-state index contributed by atoms with van der Waals surface area (Å²) in [6.45, 7) is 3.70. The molecule has 11 nitrogen and oxygen atoms in total. The number of aromatic nitrogens is 6. The third-order valence-electron chi connectivity index (χ3n) is 5.51. The normalized spacial score (nSPS) is 12.2. The van der Waals surface area contributed by atoms with Crippen LogP contribution in [0, 0.1) is 0 Å². The first-order chi connectivity index (χ1) is 17.4. The van der Waals surface area contributed by atoms with Gasteiger partial charge in [-0.25, -0.2) is 4.98 Å². The molecule has 1 amide bonds. The number of amides is 1. The smallest absolute Gasteiger partial charge is 0.382 e. The molecular formula is C23H23F3N8O3. The molecule has 194 valence electrons. The minimum Gasteiger partial charge on any atom is -0.382 e. The minimum atomic E-state index is -4.56. The number of halogens is 3. The van der Waals surface area contributed by atoms with Gasteiger partial charge in [0.15, 0.2) is 5.78 Å². The summed E-state index contributed by atoms with van der Waals surface area (Å²) in [6.07, 6.45) is 2.55. The van der Waals surface area contributed by atoms with E-state index in [4.69, 9.17) is 10.5 Å². The molecule has 37 heavy (non-hydrogen) atoms. The fourth-order valence-electron chi connectivity index (χ4n) is 3.82. The van der Waals surface area contributed by atoms with Crippen LogP contribution in [0.3, 0.4) is 0 Å². The van der Waals surface area contributed by atoms with Gasteiger partial charge in [-0.3, -0.25) is 19.3 Å². The standard InChI is InChI=1S/C23H23F3N8O3/c1-22(2,12-37-3)34-10-17(16-8-29-21(27)32-20(16)34)19(36)13-4-15(7-28-5-13)31-18(35)11-33-9-14(6-30-33)23(24,25)26/h4-10H,11-12H2,1-3H3,(H,31,35)(H2,27,29,32). The van der Waals surface area contributed by atoms with E-state index in [-0.39, 0.29) is 17.2 Å². The first-order valence-corrected chi connectivity index (χ1v) is 10.9. The topological polar surface area (TPSA) is 143 Å². The Bertz CT molecular complexity index is 1480. The van der Waals surface area contributed by atoms with Gasteiger partial charge in [0, 0.05) is 42.8 Å². The Hall–Kier alpha value is -4.33. The lowest BCUT2D eigenvalue weighted by molar-refractivity contribution is -0.137. The van der Waals surface area contributed by atoms with Crippen molar-refractivity contribution in [2.24, 2.45) is 0 Å². The number of nitrogens with two attached hydrogens (primary N) is 1. The molecular weight excluding hydrogens is 493 g/mol. The van der Waals surface area contributed by atoms with Gasteiger partial charge < -0.3 is 20.4 Å². The van der Waals surface area contributed by atoms with Crippen LogP contribution in [0.1, 0.15) is 35.3 Å². The van der Waals surface area contributed by atoms with Gasteiger partial charge in [0.1, 0.15) is 12.2 Å². The van der Waals surface area contributed by atoms with Crippen LogP contribution in [0.4, 0.5) is 24.8 Å². The lowest BCUT2D eigenvalue weighted by Gasteiger charge is -2.26. The van der Waals surface area contributed by atoms with Gasteiger partial charge in [-0.05, 0) is 19.9 Å². The van der Waals surface area contributed by atoms with Crippen LogP contribution >= 0.6 is 0 Å². The van der Waals surface area contributed by atoms with E-state index < -0.39 is 35.5 Å². The number of hydrogen-bond acceptors (Lipinski definition) is 8. The van der Waals surface area contributed by atoms with E-state index in [0.717, 1.165) is 10.9 Å². The number of pyridine rings is 1. The largest absolute Gasteiger partial charge is 0.419 e. The molecule has 0 spiro atoms. The molecule has 4 heterocycles. The number of anilines is 2. The summed E-state index contributed by atoms with van der Waals surface area (Å²) in [5.41, 5.74) is 5.34. The van der Waals surface area contributed by atoms with Crippen molar-refractivity contribution in [1.29, 1.82) is 0 Å². The lowest BCUT2D eigenvalue weighted by atomic mass is 10.1. The molecule has 0 aliphatic heterocycles. The number of rotatable bonds is 8. The maximum Gasteiger partial charge on any atom is 0.419 e. The molecule has 0 fully saturated rings. The van der Waals surface area contributed by atoms with Gasteiger partial charge in [-0.1, -0.05) is 0 Å². The van der Waals surface area contributed by atoms with E-state index in [0.29, 0.717) is 29.4 Å². The summed E-state index contributed by atoms with van der Waals surface area (Å²) < 4.78 is 46.2. The van der Waals surface area contributed by atoms with Gasteiger partial charge >= 0.3 is 6.18 Å². The van der Waals surface area contributed by atoms with Crippen molar-refractivity contribution in [2.75, 3.05) is 24.8 Å². The second kappa shape index (κ2) is 9.61. The zero-order valence-corrected chi connectivity index (χ0v) is 20.1. The summed E-state index contributed by atoms with van der Waals surface area (Å²) in [5.74, 6) is -1.01. The third kappa shape index (κ3) is 5.43. The quantitative estimate of drug-likeness (QED) is 0.341. The number of fused-ring (bicyclic) bond motifs is 1. The first-order valence-electron chi connectivity index (χ1n) is 10.9. The average molecular weight is 516 g/mol. The summed E-state index contributed by atoms with van der Waals surface area (Å²) in [4.78, 5) is 38.2. The maximum absolute atomic E-state index is 13.5. The van der Waals surface area contributed by atoms with Gasteiger partial charge in [0.05, 0.1) is 41.4 Å². The zero-order valence-electron chi connectivity index (χ0n) is 20.1. The molecule has 0 unspecified atom stereocenters. The molecule has 4 aromatic rings. The number of nitrogen functional groups attached to an aromatic ring is 1. The second-order valence-corrected chi connectivity index (χ2v) is 8.89. The summed E-state index contributed by atoms with van der Waals surface area (Å²) >= 11 is 0. The fraction of sp³-hybridized carbons (Fsp3) is 0.304. The van der Waals surface area contributed by atoms with Crippen LogP contribution in [-0.2, 0) is 27.8 Å². The van der Waals surface area contributed by atoms with Gasteiger partial charge in [0.2, 0.25) is 11.9 Å². The number of hydrogen-bond donors (Lipinski definition) is 2. The van der Waals surface area contributed by atoms with E-state index in [1.54, 1.807) is 17.9 Å². The Morgan fingerprint density at radius 2 is 1.89 bits per heavy atom. The number of ketones is 1. The number of ether oxygens (including phenoxy) is 1. The highest BCUT2D eigenvalue weighted by molar-refractivity contribution is 6.16. The molecule has 14 heteroatoms. The molecule has 0 saturated carbocycles. The number of nitrogens with zero attached hydrogens (tertiary/aromatic N) is 6. The Morgan fingerprint density at radius 3 is 2.57 bits per heavy atom. The van der Waals surface area contributed by atoms with Crippen molar-refractivity contribution in [3.63, 3.8) is 0 Å². The molecule has 0 aliphatic rings. The zero-order chi connectivity index (χ0) is 27.0. The van der Waals surface area contributed by atoms with Gasteiger partial charge in [0.25, 0.3) is 0 Å². The summed E-state index contributed by atoms with van der Waals surface area (Å²) in [6, 6.07) is 1.42. The highest BCUT2D eigenvalue weighted by atomic mass is 19.4. The predicted molar refractivity (Wildman–Crippen MR) is 127 cm³/mol. The van der Waals surface area contributed by atoms with Crippen molar-refractivity contribution < 1.29 is 27.5 Å². The molecule has 0 bridgehead atoms. The number of carbonyl (C=O) groups excluding carboxylic acids is 2. The van der Waals surface area contributed by atoms with Crippen LogP contribution in [0.5, 0.6) is 0 Å². The molecule has 4 aromatic heterocycles. The Morgan fingerprint density at radius 1 is 1.14 bits per heavy atom. The number of alkyl halides is 3. The Balaban J connectivity index is 1.59. The Kier molecular flexibility index (Phi) is 6.69. The van der Waals surface area contributed by atoms with Crippen molar-refractivity contribution in [3.8, 4) is 0 Å². The summed E-state index contributed by atoms with van der Waals surface area (Å²) in [5, 5.41) is 6.54. The second-order valence-electron chi connectivity index (χ2n) is 8.89. The van der Waals surface area contributed by atoms with Gasteiger partial charge in [-0.15, -0.1) is 0 Å². The van der Waals surface area contributed by atoms with E-state index in [9.17, 15) is 22.8 Å². The molecule has 0 aromatic carbocycles. The van der Waals surface area contributed by atoms with Crippen LogP contribution in [0.2, 0.25) is 0 Å². The van der Waals surface area contributed by atoms with Crippen LogP contribution in [0.25, 0.3) is 11.0 Å². The van der Waals surface area contributed by atoms with E-state index in [1.165, 1.54) is 24.7 Å². The molecule has 0 aliphatic carbocycles. The predicted octanol–water partition coefficient (Wildman–Crippen LogP) is 2.88. The van der Waals surface area contributed by atoms with Crippen LogP contribution in [-0.4, -0.2) is 54.7 Å². The van der Waals surface area contributed by atoms with Crippen molar-refractivity contribution in [3.05, 3.63) is 59.9 Å². The van der Waals surface area contributed by atoms with Crippen molar-refractivity contribution in [2.45, 2.75) is 32.1 Å². The lowest BCUT2D eigenvalue weighted by Crippen LogP contribution is -2.31. The van der Waals surface area contributed by atoms with E-state index in [1.807, 2.05) is 13.8 Å². The van der Waals surface area contributed by atoms with Crippen LogP contribution in [0.15, 0.2) is 43.2 Å². The number of methoxy groups -OCH3 is 1. The number of nitrogens with one attached hydrogen (secondary N) is 1. The molecule has 4 rings (SSSR count). The average Bonchev–Trinajstić information content (AvgIpc) is 3.43. The van der Waals surface area contributed by atoms with Gasteiger partial charge in [-0.2, -0.15) is 23.3 Å². The molecule has 0 atom stereocenters. The minimum absolute atomic E-state index is 0.0463.